The van der Waals surface area contributed by atoms with Crippen LogP contribution in [-0.2, 0) is 0 Å². The molecular weight excluding hydrogens is 232 g/mol. The molecule has 0 aromatic heterocycles. The molecule has 1 N–H and O–H groups in total. The van der Waals surface area contributed by atoms with Crippen molar-refractivity contribution in [1.29, 1.82) is 0 Å². The molecule has 2 heterocycles. The van der Waals surface area contributed by atoms with Gasteiger partial charge in [0.15, 0.2) is 0 Å². The summed E-state index contributed by atoms with van der Waals surface area (Å²) in [6.45, 7) is 7.84. The Kier molecular flexibility index (Phi) is 4.81. The highest BCUT2D eigenvalue weighted by Crippen LogP contribution is 2.31. The molecule has 3 aliphatic rings. The van der Waals surface area contributed by atoms with Gasteiger partial charge in [-0.1, -0.05) is 19.8 Å². The van der Waals surface area contributed by atoms with Crippen molar-refractivity contribution >= 4 is 0 Å². The Bertz CT molecular complexity index is 264. The Morgan fingerprint density at radius 1 is 1.00 bits per heavy atom. The highest BCUT2D eigenvalue weighted by atomic mass is 15.1. The van der Waals surface area contributed by atoms with Gasteiger partial charge in [-0.3, -0.25) is 0 Å². The Balaban J connectivity index is 1.45. The smallest absolute Gasteiger partial charge is 0.0108 e. The zero-order valence-corrected chi connectivity index (χ0v) is 12.7. The van der Waals surface area contributed by atoms with Crippen LogP contribution in [0.15, 0.2) is 0 Å². The molecule has 2 aliphatic heterocycles. The van der Waals surface area contributed by atoms with E-state index in [1.54, 1.807) is 0 Å². The molecule has 0 amide bonds. The van der Waals surface area contributed by atoms with E-state index in [9.17, 15) is 0 Å². The molecule has 2 nitrogen and oxygen atoms in total. The van der Waals surface area contributed by atoms with Gasteiger partial charge in [-0.05, 0) is 69.4 Å². The van der Waals surface area contributed by atoms with Gasteiger partial charge in [0.1, 0.15) is 0 Å². The first kappa shape index (κ1) is 13.9. The summed E-state index contributed by atoms with van der Waals surface area (Å²) in [5.74, 6) is 2.94. The SMILES string of the molecule is CC1CCC(CN2CCCC(C3CCCN3)C2)CC1. The summed E-state index contributed by atoms with van der Waals surface area (Å²) in [7, 11) is 0. The number of piperidine rings is 1. The Hall–Kier alpha value is -0.0800. The van der Waals surface area contributed by atoms with Crippen LogP contribution in [0, 0.1) is 17.8 Å². The highest BCUT2D eigenvalue weighted by Gasteiger charge is 2.30. The average Bonchev–Trinajstić information content (AvgIpc) is 2.96. The van der Waals surface area contributed by atoms with Crippen molar-refractivity contribution in [3.05, 3.63) is 0 Å². The van der Waals surface area contributed by atoms with E-state index in [2.05, 4.69) is 17.1 Å². The monoisotopic (exact) mass is 264 g/mol. The quantitative estimate of drug-likeness (QED) is 0.841. The van der Waals surface area contributed by atoms with Crippen molar-refractivity contribution in [2.75, 3.05) is 26.2 Å². The number of likely N-dealkylation sites (tertiary alicyclic amines) is 1. The number of hydrogen-bond acceptors (Lipinski definition) is 2. The van der Waals surface area contributed by atoms with Crippen LogP contribution in [0.4, 0.5) is 0 Å². The van der Waals surface area contributed by atoms with Crippen molar-refractivity contribution < 1.29 is 0 Å². The minimum atomic E-state index is 0.842. The summed E-state index contributed by atoms with van der Waals surface area (Å²) in [6, 6.07) is 0.842. The molecule has 0 radical (unpaired) electrons. The van der Waals surface area contributed by atoms with Gasteiger partial charge in [-0.25, -0.2) is 0 Å². The van der Waals surface area contributed by atoms with Crippen LogP contribution < -0.4 is 5.32 Å². The van der Waals surface area contributed by atoms with Crippen molar-refractivity contribution in [1.82, 2.24) is 10.2 Å². The van der Waals surface area contributed by atoms with Crippen molar-refractivity contribution in [3.8, 4) is 0 Å². The van der Waals surface area contributed by atoms with E-state index in [0.717, 1.165) is 23.8 Å². The second-order valence-corrected chi connectivity index (χ2v) is 7.49. The van der Waals surface area contributed by atoms with Gasteiger partial charge >= 0.3 is 0 Å². The predicted octanol–water partition coefficient (Wildman–Crippen LogP) is 3.28. The Morgan fingerprint density at radius 2 is 1.84 bits per heavy atom. The molecule has 1 saturated carbocycles. The van der Waals surface area contributed by atoms with E-state index in [0.29, 0.717) is 0 Å². The number of rotatable bonds is 3. The maximum Gasteiger partial charge on any atom is 0.0108 e. The minimum Gasteiger partial charge on any atom is -0.314 e. The molecular formula is C17H32N2. The molecule has 110 valence electrons. The van der Waals surface area contributed by atoms with Gasteiger partial charge in [0, 0.05) is 19.1 Å². The summed E-state index contributed by atoms with van der Waals surface area (Å²) in [5.41, 5.74) is 0. The highest BCUT2D eigenvalue weighted by molar-refractivity contribution is 4.87. The molecule has 3 fully saturated rings. The molecule has 1 aliphatic carbocycles. The second-order valence-electron chi connectivity index (χ2n) is 7.49. The fourth-order valence-corrected chi connectivity index (χ4v) is 4.58. The first-order chi connectivity index (χ1) is 9.31. The number of nitrogens with zero attached hydrogens (tertiary/aromatic N) is 1. The molecule has 2 heteroatoms. The lowest BCUT2D eigenvalue weighted by molar-refractivity contribution is 0.116. The Labute approximate surface area is 119 Å². The van der Waals surface area contributed by atoms with E-state index in [1.165, 1.54) is 77.5 Å². The third kappa shape index (κ3) is 3.72. The summed E-state index contributed by atoms with van der Waals surface area (Å²) in [6.07, 6.45) is 11.7. The third-order valence-corrected chi connectivity index (χ3v) is 5.86. The van der Waals surface area contributed by atoms with Gasteiger partial charge in [0.25, 0.3) is 0 Å². The van der Waals surface area contributed by atoms with Gasteiger partial charge in [0.2, 0.25) is 0 Å². The van der Waals surface area contributed by atoms with Crippen LogP contribution >= 0.6 is 0 Å². The summed E-state index contributed by atoms with van der Waals surface area (Å²) in [4.78, 5) is 2.80. The molecule has 0 bridgehead atoms. The van der Waals surface area contributed by atoms with Gasteiger partial charge < -0.3 is 10.2 Å². The molecule has 2 unspecified atom stereocenters. The lowest BCUT2D eigenvalue weighted by Crippen LogP contribution is -2.45. The van der Waals surface area contributed by atoms with Gasteiger partial charge in [0.05, 0.1) is 0 Å². The summed E-state index contributed by atoms with van der Waals surface area (Å²) < 4.78 is 0. The van der Waals surface area contributed by atoms with E-state index < -0.39 is 0 Å². The Morgan fingerprint density at radius 3 is 2.58 bits per heavy atom. The standard InChI is InChI=1S/C17H32N2/c1-14-6-8-15(9-7-14)12-19-11-3-4-16(13-19)17-5-2-10-18-17/h14-18H,2-13H2,1H3. The van der Waals surface area contributed by atoms with Crippen LogP contribution in [0.2, 0.25) is 0 Å². The normalized spacial score (nSPS) is 41.5. The maximum atomic E-state index is 3.73. The van der Waals surface area contributed by atoms with Crippen molar-refractivity contribution in [2.45, 2.75) is 64.3 Å². The number of hydrogen-bond donors (Lipinski definition) is 1. The average molecular weight is 264 g/mol. The molecule has 2 atom stereocenters. The first-order valence-corrected chi connectivity index (χ1v) is 8.77. The van der Waals surface area contributed by atoms with E-state index in [-0.39, 0.29) is 0 Å². The van der Waals surface area contributed by atoms with Crippen molar-refractivity contribution in [2.24, 2.45) is 17.8 Å². The van der Waals surface area contributed by atoms with Crippen LogP contribution in [0.3, 0.4) is 0 Å². The molecule has 2 saturated heterocycles. The van der Waals surface area contributed by atoms with Crippen molar-refractivity contribution in [3.63, 3.8) is 0 Å². The maximum absolute atomic E-state index is 3.73. The topological polar surface area (TPSA) is 15.3 Å². The zero-order valence-electron chi connectivity index (χ0n) is 12.7. The van der Waals surface area contributed by atoms with E-state index >= 15 is 0 Å². The molecule has 0 aromatic rings. The molecule has 3 rings (SSSR count). The predicted molar refractivity (Wildman–Crippen MR) is 81.3 cm³/mol. The lowest BCUT2D eigenvalue weighted by atomic mass is 9.82. The van der Waals surface area contributed by atoms with E-state index in [1.807, 2.05) is 0 Å². The lowest BCUT2D eigenvalue weighted by Gasteiger charge is -2.38. The zero-order chi connectivity index (χ0) is 13.1. The number of nitrogens with one attached hydrogen (secondary N) is 1. The third-order valence-electron chi connectivity index (χ3n) is 5.86. The second kappa shape index (κ2) is 6.58. The van der Waals surface area contributed by atoms with Gasteiger partial charge in [-0.15, -0.1) is 0 Å². The van der Waals surface area contributed by atoms with E-state index in [4.69, 9.17) is 0 Å². The van der Waals surface area contributed by atoms with Gasteiger partial charge in [-0.2, -0.15) is 0 Å². The first-order valence-electron chi connectivity index (χ1n) is 8.77. The van der Waals surface area contributed by atoms with Crippen LogP contribution in [0.5, 0.6) is 0 Å². The fourth-order valence-electron chi connectivity index (χ4n) is 4.58. The fraction of sp³-hybridized carbons (Fsp3) is 1.00. The minimum absolute atomic E-state index is 0.842. The molecule has 0 spiro atoms. The van der Waals surface area contributed by atoms with Crippen LogP contribution in [0.1, 0.15) is 58.3 Å². The summed E-state index contributed by atoms with van der Waals surface area (Å²) >= 11 is 0. The van der Waals surface area contributed by atoms with Crippen LogP contribution in [0.25, 0.3) is 0 Å². The summed E-state index contributed by atoms with van der Waals surface area (Å²) in [5, 5.41) is 3.73. The molecule has 19 heavy (non-hydrogen) atoms. The van der Waals surface area contributed by atoms with Crippen LogP contribution in [-0.4, -0.2) is 37.1 Å². The molecule has 0 aromatic carbocycles. The largest absolute Gasteiger partial charge is 0.314 e.